The zero-order chi connectivity index (χ0) is 14.7. The molecule has 0 aliphatic heterocycles. The van der Waals surface area contributed by atoms with Crippen molar-refractivity contribution in [3.63, 3.8) is 0 Å². The number of allylic oxidation sites excluding steroid dienone is 4. The molecule has 1 nitrogen and oxygen atoms in total. The fourth-order valence-corrected chi connectivity index (χ4v) is 6.42. The highest BCUT2D eigenvalue weighted by Gasteiger charge is 2.55. The molecule has 0 saturated heterocycles. The molecule has 0 aromatic heterocycles. The van der Waals surface area contributed by atoms with E-state index >= 15 is 0 Å². The van der Waals surface area contributed by atoms with Crippen LogP contribution < -0.4 is 0 Å². The third-order valence-electron chi connectivity index (χ3n) is 7.72. The number of carbonyl (C=O) groups excluding carboxylic acids is 1. The van der Waals surface area contributed by atoms with Gasteiger partial charge in [0.2, 0.25) is 0 Å². The molecule has 4 aliphatic rings. The Morgan fingerprint density at radius 1 is 1.19 bits per heavy atom. The van der Waals surface area contributed by atoms with E-state index in [0.717, 1.165) is 30.6 Å². The number of rotatable bonds is 1. The van der Waals surface area contributed by atoms with Crippen molar-refractivity contribution in [2.45, 2.75) is 65.2 Å². The van der Waals surface area contributed by atoms with Crippen LogP contribution >= 0.6 is 0 Å². The molecule has 2 saturated carbocycles. The van der Waals surface area contributed by atoms with E-state index in [1.54, 1.807) is 0 Å². The van der Waals surface area contributed by atoms with Gasteiger partial charge >= 0.3 is 0 Å². The molecule has 0 bridgehead atoms. The summed E-state index contributed by atoms with van der Waals surface area (Å²) in [5.74, 6) is 2.98. The van der Waals surface area contributed by atoms with Gasteiger partial charge in [-0.25, -0.2) is 0 Å². The Balaban J connectivity index is 1.69. The van der Waals surface area contributed by atoms with Gasteiger partial charge in [-0.1, -0.05) is 31.6 Å². The van der Waals surface area contributed by atoms with E-state index in [1.165, 1.54) is 44.1 Å². The van der Waals surface area contributed by atoms with Crippen LogP contribution in [0, 0.1) is 28.6 Å². The molecule has 1 heteroatoms. The maximum Gasteiger partial charge on any atom is 0.155 e. The van der Waals surface area contributed by atoms with Crippen molar-refractivity contribution in [1.29, 1.82) is 0 Å². The van der Waals surface area contributed by atoms with E-state index in [0.29, 0.717) is 16.6 Å². The highest BCUT2D eigenvalue weighted by atomic mass is 16.1. The third kappa shape index (κ3) is 1.79. The van der Waals surface area contributed by atoms with E-state index in [-0.39, 0.29) is 0 Å². The second-order valence-corrected chi connectivity index (χ2v) is 8.23. The van der Waals surface area contributed by atoms with Crippen molar-refractivity contribution in [3.8, 4) is 0 Å². The number of fused-ring (bicyclic) bond motifs is 5. The molecule has 0 aromatic carbocycles. The van der Waals surface area contributed by atoms with Crippen LogP contribution in [0.5, 0.6) is 0 Å². The number of hydrogen-bond acceptors (Lipinski definition) is 1. The minimum Gasteiger partial charge on any atom is -0.295 e. The lowest BCUT2D eigenvalue weighted by atomic mass is 9.47. The number of carbonyl (C=O) groups is 1. The van der Waals surface area contributed by atoms with Gasteiger partial charge < -0.3 is 0 Å². The zero-order valence-corrected chi connectivity index (χ0v) is 13.5. The van der Waals surface area contributed by atoms with E-state index in [2.05, 4.69) is 26.0 Å². The molecule has 4 aliphatic carbocycles. The SMILES string of the molecule is CC[C@@]12C=CC[C@H]1[C@@H]1CCC3=CC(=O)CC[C@]3(C)[C@H]1CC2. The molecule has 21 heavy (non-hydrogen) atoms. The number of ketones is 1. The molecule has 0 aromatic rings. The normalized spacial score (nSPS) is 48.4. The Labute approximate surface area is 128 Å². The summed E-state index contributed by atoms with van der Waals surface area (Å²) in [4.78, 5) is 11.8. The second kappa shape index (κ2) is 4.57. The van der Waals surface area contributed by atoms with Crippen LogP contribution in [-0.4, -0.2) is 5.78 Å². The molecule has 0 radical (unpaired) electrons. The Bertz CT molecular complexity index is 528. The lowest BCUT2D eigenvalue weighted by molar-refractivity contribution is -0.117. The van der Waals surface area contributed by atoms with Gasteiger partial charge in [-0.15, -0.1) is 0 Å². The largest absolute Gasteiger partial charge is 0.295 e. The van der Waals surface area contributed by atoms with Gasteiger partial charge in [-0.3, -0.25) is 4.79 Å². The van der Waals surface area contributed by atoms with Gasteiger partial charge in [0.05, 0.1) is 0 Å². The molecular formula is C20H28O. The average Bonchev–Trinajstić information content (AvgIpc) is 2.92. The monoisotopic (exact) mass is 284 g/mol. The quantitative estimate of drug-likeness (QED) is 0.614. The lowest BCUT2D eigenvalue weighted by Crippen LogP contribution is -2.49. The van der Waals surface area contributed by atoms with Crippen molar-refractivity contribution in [1.82, 2.24) is 0 Å². The van der Waals surface area contributed by atoms with Crippen LogP contribution in [0.4, 0.5) is 0 Å². The molecule has 5 atom stereocenters. The van der Waals surface area contributed by atoms with Crippen molar-refractivity contribution in [3.05, 3.63) is 23.8 Å². The predicted octanol–water partition coefficient (Wildman–Crippen LogP) is 5.07. The maximum absolute atomic E-state index is 11.8. The fraction of sp³-hybridized carbons (Fsp3) is 0.750. The Kier molecular flexibility index (Phi) is 3.00. The molecule has 0 heterocycles. The second-order valence-electron chi connectivity index (χ2n) is 8.23. The molecule has 0 amide bonds. The first-order chi connectivity index (χ1) is 10.1. The number of hydrogen-bond donors (Lipinski definition) is 0. The molecule has 4 rings (SSSR count). The highest BCUT2D eigenvalue weighted by molar-refractivity contribution is 5.91. The van der Waals surface area contributed by atoms with Crippen LogP contribution in [0.1, 0.15) is 65.2 Å². The minimum absolute atomic E-state index is 0.333. The van der Waals surface area contributed by atoms with Crippen LogP contribution in [-0.2, 0) is 4.79 Å². The van der Waals surface area contributed by atoms with E-state index in [1.807, 2.05) is 6.08 Å². The Morgan fingerprint density at radius 3 is 2.86 bits per heavy atom. The van der Waals surface area contributed by atoms with Gasteiger partial charge in [0.15, 0.2) is 5.78 Å². The topological polar surface area (TPSA) is 17.1 Å². The summed E-state index contributed by atoms with van der Waals surface area (Å²) in [5.41, 5.74) is 2.35. The average molecular weight is 284 g/mol. The Morgan fingerprint density at radius 2 is 2.05 bits per heavy atom. The molecule has 0 spiro atoms. The van der Waals surface area contributed by atoms with Gasteiger partial charge in [0.1, 0.15) is 0 Å². The zero-order valence-electron chi connectivity index (χ0n) is 13.5. The smallest absolute Gasteiger partial charge is 0.155 e. The summed E-state index contributed by atoms with van der Waals surface area (Å²) >= 11 is 0. The van der Waals surface area contributed by atoms with E-state index in [4.69, 9.17) is 0 Å². The third-order valence-corrected chi connectivity index (χ3v) is 7.72. The Hall–Kier alpha value is -0.850. The van der Waals surface area contributed by atoms with Crippen molar-refractivity contribution >= 4 is 5.78 Å². The van der Waals surface area contributed by atoms with E-state index in [9.17, 15) is 4.79 Å². The summed E-state index contributed by atoms with van der Waals surface area (Å²) in [5, 5.41) is 0. The molecule has 2 fully saturated rings. The first-order valence-corrected chi connectivity index (χ1v) is 9.01. The molecule has 114 valence electrons. The summed E-state index contributed by atoms with van der Waals surface area (Å²) in [6.45, 7) is 4.86. The summed E-state index contributed by atoms with van der Waals surface area (Å²) in [7, 11) is 0. The van der Waals surface area contributed by atoms with Gasteiger partial charge in [0.25, 0.3) is 0 Å². The molecule has 0 unspecified atom stereocenters. The van der Waals surface area contributed by atoms with Gasteiger partial charge in [-0.2, -0.15) is 0 Å². The van der Waals surface area contributed by atoms with Crippen molar-refractivity contribution in [2.75, 3.05) is 0 Å². The summed E-state index contributed by atoms with van der Waals surface area (Å²) in [6, 6.07) is 0. The maximum atomic E-state index is 11.8. The standard InChI is InChI=1S/C20H28O/c1-3-20-10-4-5-18(20)16-7-6-14-13-15(21)8-11-19(14,2)17(16)9-12-20/h4,10,13,16-18H,3,5-9,11-12H2,1-2H3/t16-,17+,18+,19+,20+/m1/s1. The van der Waals surface area contributed by atoms with Crippen LogP contribution in [0.3, 0.4) is 0 Å². The van der Waals surface area contributed by atoms with Crippen LogP contribution in [0.25, 0.3) is 0 Å². The summed E-state index contributed by atoms with van der Waals surface area (Å²) in [6.07, 6.45) is 16.8. The van der Waals surface area contributed by atoms with Crippen molar-refractivity contribution in [2.24, 2.45) is 28.6 Å². The first-order valence-electron chi connectivity index (χ1n) is 9.01. The highest BCUT2D eigenvalue weighted by Crippen LogP contribution is 2.64. The predicted molar refractivity (Wildman–Crippen MR) is 85.9 cm³/mol. The summed E-state index contributed by atoms with van der Waals surface area (Å²) < 4.78 is 0. The lowest BCUT2D eigenvalue weighted by Gasteiger charge is -2.57. The van der Waals surface area contributed by atoms with Crippen LogP contribution in [0.2, 0.25) is 0 Å². The van der Waals surface area contributed by atoms with Gasteiger partial charge in [-0.05, 0) is 79.6 Å². The molecular weight excluding hydrogens is 256 g/mol. The fourth-order valence-electron chi connectivity index (χ4n) is 6.42. The first kappa shape index (κ1) is 13.8. The van der Waals surface area contributed by atoms with Crippen molar-refractivity contribution < 1.29 is 4.79 Å². The molecule has 0 N–H and O–H groups in total. The van der Waals surface area contributed by atoms with Gasteiger partial charge in [0, 0.05) is 6.42 Å². The van der Waals surface area contributed by atoms with E-state index < -0.39 is 0 Å². The minimum atomic E-state index is 0.333. The van der Waals surface area contributed by atoms with Crippen LogP contribution in [0.15, 0.2) is 23.8 Å².